The Morgan fingerprint density at radius 1 is 1.29 bits per heavy atom. The van der Waals surface area contributed by atoms with Gasteiger partial charge in [0, 0.05) is 44.3 Å². The molecule has 1 unspecified atom stereocenters. The second-order valence-electron chi connectivity index (χ2n) is 7.20. The van der Waals surface area contributed by atoms with Crippen LogP contribution in [0.4, 0.5) is 0 Å². The van der Waals surface area contributed by atoms with Gasteiger partial charge in [-0.3, -0.25) is 9.69 Å². The number of hydrogen-bond donors (Lipinski definition) is 1. The van der Waals surface area contributed by atoms with Crippen LogP contribution in [0, 0.1) is 5.41 Å². The molecule has 2 aliphatic rings. The minimum absolute atomic E-state index is 0. The lowest BCUT2D eigenvalue weighted by atomic mass is 9.89. The van der Waals surface area contributed by atoms with Crippen molar-refractivity contribution in [2.75, 3.05) is 45.8 Å². The van der Waals surface area contributed by atoms with E-state index in [1.807, 2.05) is 29.2 Å². The molecule has 2 heterocycles. The molecule has 2 fully saturated rings. The summed E-state index contributed by atoms with van der Waals surface area (Å²) in [7, 11) is 0. The zero-order valence-corrected chi connectivity index (χ0v) is 15.8. The Morgan fingerprint density at radius 3 is 2.67 bits per heavy atom. The van der Waals surface area contributed by atoms with E-state index in [-0.39, 0.29) is 18.3 Å². The number of amides is 1. The van der Waals surface area contributed by atoms with Gasteiger partial charge in [0.25, 0.3) is 0 Å². The Labute approximate surface area is 155 Å². The van der Waals surface area contributed by atoms with Crippen LogP contribution in [-0.2, 0) is 11.2 Å². The van der Waals surface area contributed by atoms with Gasteiger partial charge in [0.05, 0.1) is 6.42 Å². The van der Waals surface area contributed by atoms with E-state index < -0.39 is 0 Å². The van der Waals surface area contributed by atoms with E-state index in [2.05, 4.69) is 17.1 Å². The van der Waals surface area contributed by atoms with Crippen molar-refractivity contribution in [1.82, 2.24) is 15.1 Å². The first kappa shape index (κ1) is 19.5. The second-order valence-corrected chi connectivity index (χ2v) is 7.64. The van der Waals surface area contributed by atoms with Crippen LogP contribution in [0.15, 0.2) is 24.3 Å². The maximum atomic E-state index is 12.4. The topological polar surface area (TPSA) is 35.6 Å². The summed E-state index contributed by atoms with van der Waals surface area (Å²) in [5, 5.41) is 4.15. The van der Waals surface area contributed by atoms with Gasteiger partial charge in [0.1, 0.15) is 0 Å². The van der Waals surface area contributed by atoms with Gasteiger partial charge in [-0.2, -0.15) is 0 Å². The number of benzene rings is 1. The highest BCUT2D eigenvalue weighted by Crippen LogP contribution is 2.26. The highest BCUT2D eigenvalue weighted by Gasteiger charge is 2.32. The van der Waals surface area contributed by atoms with E-state index in [0.29, 0.717) is 16.9 Å². The number of carbonyl (C=O) groups is 1. The summed E-state index contributed by atoms with van der Waals surface area (Å²) in [5.74, 6) is 0.209. The molecule has 2 saturated heterocycles. The maximum absolute atomic E-state index is 12.4. The average molecular weight is 372 g/mol. The van der Waals surface area contributed by atoms with Crippen LogP contribution in [0.5, 0.6) is 0 Å². The van der Waals surface area contributed by atoms with Crippen molar-refractivity contribution in [3.8, 4) is 0 Å². The molecule has 0 radical (unpaired) electrons. The molecule has 0 saturated carbocycles. The summed E-state index contributed by atoms with van der Waals surface area (Å²) < 4.78 is 0. The molecule has 3 rings (SSSR count). The number of piperazine rings is 1. The summed E-state index contributed by atoms with van der Waals surface area (Å²) in [6, 6.07) is 7.59. The standard InChI is InChI=1S/C18H26ClN3O.ClH/c1-18(5-6-20-13-18)14-21-7-9-22(10-8-21)17(23)12-15-3-2-4-16(19)11-15;/h2-4,11,20H,5-10,12-14H2,1H3;1H. The summed E-state index contributed by atoms with van der Waals surface area (Å²) >= 11 is 5.99. The smallest absolute Gasteiger partial charge is 0.227 e. The van der Waals surface area contributed by atoms with Gasteiger partial charge in [0.15, 0.2) is 0 Å². The predicted octanol–water partition coefficient (Wildman–Crippen LogP) is 2.45. The number of nitrogens with zero attached hydrogens (tertiary/aromatic N) is 2. The first-order valence-electron chi connectivity index (χ1n) is 8.49. The normalized spacial score (nSPS) is 24.7. The van der Waals surface area contributed by atoms with E-state index in [9.17, 15) is 4.79 Å². The number of carbonyl (C=O) groups excluding carboxylic acids is 1. The summed E-state index contributed by atoms with van der Waals surface area (Å²) in [6.45, 7) is 9.38. The Kier molecular flexibility index (Phi) is 6.93. The first-order valence-corrected chi connectivity index (χ1v) is 8.87. The lowest BCUT2D eigenvalue weighted by Crippen LogP contribution is -2.51. The molecule has 1 N–H and O–H groups in total. The third kappa shape index (κ3) is 5.09. The quantitative estimate of drug-likeness (QED) is 0.882. The molecule has 2 aliphatic heterocycles. The van der Waals surface area contributed by atoms with Gasteiger partial charge >= 0.3 is 0 Å². The van der Waals surface area contributed by atoms with Gasteiger partial charge in [-0.25, -0.2) is 0 Å². The zero-order chi connectivity index (χ0) is 16.3. The fourth-order valence-corrected chi connectivity index (χ4v) is 3.85. The van der Waals surface area contributed by atoms with Crippen LogP contribution in [0.1, 0.15) is 18.9 Å². The maximum Gasteiger partial charge on any atom is 0.227 e. The minimum Gasteiger partial charge on any atom is -0.340 e. The largest absolute Gasteiger partial charge is 0.340 e. The third-order valence-corrected chi connectivity index (χ3v) is 5.27. The molecule has 1 atom stereocenters. The van der Waals surface area contributed by atoms with E-state index in [4.69, 9.17) is 11.6 Å². The molecule has 1 amide bonds. The van der Waals surface area contributed by atoms with E-state index in [1.165, 1.54) is 6.42 Å². The lowest BCUT2D eigenvalue weighted by molar-refractivity contribution is -0.132. The highest BCUT2D eigenvalue weighted by atomic mass is 35.5. The van der Waals surface area contributed by atoms with Crippen LogP contribution in [0.2, 0.25) is 5.02 Å². The van der Waals surface area contributed by atoms with Crippen LogP contribution < -0.4 is 5.32 Å². The van der Waals surface area contributed by atoms with Gasteiger partial charge in [-0.1, -0.05) is 30.7 Å². The van der Waals surface area contributed by atoms with Gasteiger partial charge in [-0.05, 0) is 36.1 Å². The van der Waals surface area contributed by atoms with Gasteiger partial charge in [-0.15, -0.1) is 12.4 Å². The Morgan fingerprint density at radius 2 is 2.04 bits per heavy atom. The molecule has 0 bridgehead atoms. The highest BCUT2D eigenvalue weighted by molar-refractivity contribution is 6.30. The number of rotatable bonds is 4. The summed E-state index contributed by atoms with van der Waals surface area (Å²) in [6.07, 6.45) is 1.70. The average Bonchev–Trinajstić information content (AvgIpc) is 2.94. The van der Waals surface area contributed by atoms with Crippen molar-refractivity contribution in [3.63, 3.8) is 0 Å². The number of halogens is 2. The van der Waals surface area contributed by atoms with E-state index in [0.717, 1.165) is 51.4 Å². The predicted molar refractivity (Wildman–Crippen MR) is 101 cm³/mol. The molecule has 0 aromatic heterocycles. The van der Waals surface area contributed by atoms with E-state index >= 15 is 0 Å². The van der Waals surface area contributed by atoms with Crippen molar-refractivity contribution in [3.05, 3.63) is 34.9 Å². The molecule has 0 aliphatic carbocycles. The Balaban J connectivity index is 0.00000208. The molecule has 4 nitrogen and oxygen atoms in total. The summed E-state index contributed by atoms with van der Waals surface area (Å²) in [4.78, 5) is 17.0. The third-order valence-electron chi connectivity index (χ3n) is 5.03. The van der Waals surface area contributed by atoms with Gasteiger partial charge in [0.2, 0.25) is 5.91 Å². The Hall–Kier alpha value is -0.810. The molecule has 1 aromatic rings. The first-order chi connectivity index (χ1) is 11.0. The molecule has 134 valence electrons. The van der Waals surface area contributed by atoms with Gasteiger partial charge < -0.3 is 10.2 Å². The molecule has 1 aromatic carbocycles. The molecule has 24 heavy (non-hydrogen) atoms. The fourth-order valence-electron chi connectivity index (χ4n) is 3.63. The lowest BCUT2D eigenvalue weighted by Gasteiger charge is -2.38. The fraction of sp³-hybridized carbons (Fsp3) is 0.611. The second kappa shape index (κ2) is 8.52. The van der Waals surface area contributed by atoms with Crippen LogP contribution in [-0.4, -0.2) is 61.5 Å². The molecular weight excluding hydrogens is 345 g/mol. The SMILES string of the molecule is CC1(CN2CCN(C(=O)Cc3cccc(Cl)c3)CC2)CCNC1.Cl. The molecule has 0 spiro atoms. The number of hydrogen-bond acceptors (Lipinski definition) is 3. The Bertz CT molecular complexity index is 553. The monoisotopic (exact) mass is 371 g/mol. The van der Waals surface area contributed by atoms with Crippen molar-refractivity contribution in [2.24, 2.45) is 5.41 Å². The van der Waals surface area contributed by atoms with Crippen molar-refractivity contribution in [1.29, 1.82) is 0 Å². The van der Waals surface area contributed by atoms with Crippen molar-refractivity contribution in [2.45, 2.75) is 19.8 Å². The van der Waals surface area contributed by atoms with Crippen LogP contribution in [0.25, 0.3) is 0 Å². The van der Waals surface area contributed by atoms with Crippen molar-refractivity contribution >= 4 is 29.9 Å². The van der Waals surface area contributed by atoms with E-state index in [1.54, 1.807) is 0 Å². The zero-order valence-electron chi connectivity index (χ0n) is 14.3. The molecule has 6 heteroatoms. The molecular formula is C18H27Cl2N3O. The number of nitrogens with one attached hydrogen (secondary N) is 1. The minimum atomic E-state index is 0. The van der Waals surface area contributed by atoms with Crippen molar-refractivity contribution < 1.29 is 4.79 Å². The summed E-state index contributed by atoms with van der Waals surface area (Å²) in [5.41, 5.74) is 1.39. The van der Waals surface area contributed by atoms with Crippen LogP contribution >= 0.6 is 24.0 Å². The van der Waals surface area contributed by atoms with Crippen LogP contribution in [0.3, 0.4) is 0 Å².